The van der Waals surface area contributed by atoms with E-state index in [1.54, 1.807) is 0 Å². The molecule has 0 aliphatic rings. The van der Waals surface area contributed by atoms with Crippen molar-refractivity contribution in [2.45, 2.75) is 39.3 Å². The first-order valence-corrected chi connectivity index (χ1v) is 8.92. The van der Waals surface area contributed by atoms with Crippen molar-refractivity contribution < 1.29 is 9.47 Å². The van der Waals surface area contributed by atoms with Crippen molar-refractivity contribution in [2.75, 3.05) is 19.8 Å². The van der Waals surface area contributed by atoms with Crippen molar-refractivity contribution in [3.05, 3.63) is 65.7 Å². The highest BCUT2D eigenvalue weighted by molar-refractivity contribution is 5.36. The Balaban J connectivity index is 1.81. The van der Waals surface area contributed by atoms with Crippen molar-refractivity contribution in [1.82, 2.24) is 5.32 Å². The standard InChI is InChI=1S/C21H29NO2/c1-3-14-22-20(4-2)19-12-8-9-13-21(19)24-16-15-23-17-18-10-6-5-7-11-18/h5-13,20,22H,3-4,14-17H2,1-2H3. The minimum atomic E-state index is 0.339. The molecule has 2 rings (SSSR count). The molecule has 0 aliphatic heterocycles. The van der Waals surface area contributed by atoms with Gasteiger partial charge in [-0.3, -0.25) is 0 Å². The van der Waals surface area contributed by atoms with Crippen LogP contribution in [0.15, 0.2) is 54.6 Å². The summed E-state index contributed by atoms with van der Waals surface area (Å²) in [6.07, 6.45) is 2.18. The Hall–Kier alpha value is -1.84. The molecule has 0 bridgehead atoms. The average Bonchev–Trinajstić information content (AvgIpc) is 2.64. The second-order valence-corrected chi connectivity index (χ2v) is 5.84. The Labute approximate surface area is 146 Å². The molecule has 0 amide bonds. The number of rotatable bonds is 11. The van der Waals surface area contributed by atoms with E-state index in [2.05, 4.69) is 43.4 Å². The molecule has 0 aliphatic carbocycles. The first-order valence-electron chi connectivity index (χ1n) is 8.92. The number of hydrogen-bond donors (Lipinski definition) is 1. The van der Waals surface area contributed by atoms with E-state index in [0.717, 1.165) is 25.1 Å². The molecule has 2 aromatic rings. The van der Waals surface area contributed by atoms with Gasteiger partial charge in [-0.1, -0.05) is 62.4 Å². The Morgan fingerprint density at radius 2 is 1.67 bits per heavy atom. The van der Waals surface area contributed by atoms with Gasteiger partial charge in [0.1, 0.15) is 12.4 Å². The first-order chi connectivity index (χ1) is 11.8. The molecule has 1 atom stereocenters. The number of nitrogens with one attached hydrogen (secondary N) is 1. The van der Waals surface area contributed by atoms with Crippen LogP contribution in [0.3, 0.4) is 0 Å². The quantitative estimate of drug-likeness (QED) is 0.605. The summed E-state index contributed by atoms with van der Waals surface area (Å²) in [4.78, 5) is 0. The van der Waals surface area contributed by atoms with Crippen LogP contribution >= 0.6 is 0 Å². The third kappa shape index (κ3) is 5.99. The molecule has 24 heavy (non-hydrogen) atoms. The van der Waals surface area contributed by atoms with Gasteiger partial charge in [-0.15, -0.1) is 0 Å². The van der Waals surface area contributed by atoms with Crippen LogP contribution in [0, 0.1) is 0 Å². The smallest absolute Gasteiger partial charge is 0.124 e. The second-order valence-electron chi connectivity index (χ2n) is 5.84. The highest BCUT2D eigenvalue weighted by atomic mass is 16.5. The fourth-order valence-corrected chi connectivity index (χ4v) is 2.67. The van der Waals surface area contributed by atoms with Crippen LogP contribution in [0.5, 0.6) is 5.75 Å². The summed E-state index contributed by atoms with van der Waals surface area (Å²) < 4.78 is 11.7. The molecule has 3 nitrogen and oxygen atoms in total. The van der Waals surface area contributed by atoms with Gasteiger partial charge in [0.25, 0.3) is 0 Å². The molecule has 0 saturated heterocycles. The summed E-state index contributed by atoms with van der Waals surface area (Å²) in [6, 6.07) is 18.8. The van der Waals surface area contributed by atoms with Gasteiger partial charge in [0.05, 0.1) is 13.2 Å². The Bertz CT molecular complexity index is 571. The summed E-state index contributed by atoms with van der Waals surface area (Å²) >= 11 is 0. The highest BCUT2D eigenvalue weighted by Crippen LogP contribution is 2.27. The molecule has 0 saturated carbocycles. The lowest BCUT2D eigenvalue weighted by molar-refractivity contribution is 0.0884. The molecule has 0 aromatic heterocycles. The molecule has 130 valence electrons. The number of para-hydroxylation sites is 1. The molecular formula is C21H29NO2. The normalized spacial score (nSPS) is 12.1. The predicted molar refractivity (Wildman–Crippen MR) is 99.4 cm³/mol. The van der Waals surface area contributed by atoms with Crippen LogP contribution in [-0.4, -0.2) is 19.8 Å². The molecular weight excluding hydrogens is 298 g/mol. The van der Waals surface area contributed by atoms with E-state index in [4.69, 9.17) is 9.47 Å². The van der Waals surface area contributed by atoms with E-state index in [9.17, 15) is 0 Å². The summed E-state index contributed by atoms with van der Waals surface area (Å²) in [5.41, 5.74) is 2.42. The Kier molecular flexibility index (Phi) is 8.36. The maximum absolute atomic E-state index is 5.97. The van der Waals surface area contributed by atoms with Gasteiger partial charge >= 0.3 is 0 Å². The van der Waals surface area contributed by atoms with E-state index in [-0.39, 0.29) is 0 Å². The van der Waals surface area contributed by atoms with Crippen molar-refractivity contribution >= 4 is 0 Å². The summed E-state index contributed by atoms with van der Waals surface area (Å²) in [5, 5.41) is 3.59. The van der Waals surface area contributed by atoms with Crippen molar-refractivity contribution in [3.63, 3.8) is 0 Å². The fraction of sp³-hybridized carbons (Fsp3) is 0.429. The lowest BCUT2D eigenvalue weighted by Gasteiger charge is -2.20. The van der Waals surface area contributed by atoms with Gasteiger partial charge in [-0.2, -0.15) is 0 Å². The van der Waals surface area contributed by atoms with E-state index >= 15 is 0 Å². The summed E-state index contributed by atoms with van der Waals surface area (Å²) in [5.74, 6) is 0.955. The zero-order valence-corrected chi connectivity index (χ0v) is 14.8. The minimum absolute atomic E-state index is 0.339. The van der Waals surface area contributed by atoms with Gasteiger partial charge in [-0.25, -0.2) is 0 Å². The SMILES string of the molecule is CCCNC(CC)c1ccccc1OCCOCc1ccccc1. The summed E-state index contributed by atoms with van der Waals surface area (Å²) in [7, 11) is 0. The Morgan fingerprint density at radius 1 is 0.917 bits per heavy atom. The lowest BCUT2D eigenvalue weighted by Crippen LogP contribution is -2.22. The first kappa shape index (κ1) is 18.5. The lowest BCUT2D eigenvalue weighted by atomic mass is 10.0. The third-order valence-electron chi connectivity index (χ3n) is 3.94. The second kappa shape index (κ2) is 10.8. The largest absolute Gasteiger partial charge is 0.491 e. The fourth-order valence-electron chi connectivity index (χ4n) is 2.67. The van der Waals surface area contributed by atoms with E-state index in [0.29, 0.717) is 25.9 Å². The zero-order valence-electron chi connectivity index (χ0n) is 14.8. The van der Waals surface area contributed by atoms with E-state index in [1.807, 2.05) is 30.3 Å². The van der Waals surface area contributed by atoms with Crippen molar-refractivity contribution in [3.8, 4) is 5.75 Å². The van der Waals surface area contributed by atoms with Crippen LogP contribution in [-0.2, 0) is 11.3 Å². The van der Waals surface area contributed by atoms with Gasteiger partial charge in [-0.05, 0) is 31.0 Å². The highest BCUT2D eigenvalue weighted by Gasteiger charge is 2.13. The van der Waals surface area contributed by atoms with Gasteiger partial charge in [0.15, 0.2) is 0 Å². The molecule has 0 fully saturated rings. The Morgan fingerprint density at radius 3 is 2.42 bits per heavy atom. The van der Waals surface area contributed by atoms with Crippen LogP contribution < -0.4 is 10.1 Å². The minimum Gasteiger partial charge on any atom is -0.491 e. The molecule has 0 radical (unpaired) electrons. The molecule has 3 heteroatoms. The third-order valence-corrected chi connectivity index (χ3v) is 3.94. The average molecular weight is 327 g/mol. The maximum Gasteiger partial charge on any atom is 0.124 e. The molecule has 1 unspecified atom stereocenters. The molecule has 1 N–H and O–H groups in total. The van der Waals surface area contributed by atoms with Crippen molar-refractivity contribution in [1.29, 1.82) is 0 Å². The molecule has 0 heterocycles. The van der Waals surface area contributed by atoms with E-state index in [1.165, 1.54) is 11.1 Å². The van der Waals surface area contributed by atoms with Crippen LogP contribution in [0.1, 0.15) is 43.9 Å². The van der Waals surface area contributed by atoms with Gasteiger partial charge < -0.3 is 14.8 Å². The van der Waals surface area contributed by atoms with Crippen LogP contribution in [0.4, 0.5) is 0 Å². The van der Waals surface area contributed by atoms with Gasteiger partial charge in [0.2, 0.25) is 0 Å². The van der Waals surface area contributed by atoms with Crippen LogP contribution in [0.25, 0.3) is 0 Å². The number of benzene rings is 2. The van der Waals surface area contributed by atoms with Crippen LogP contribution in [0.2, 0.25) is 0 Å². The monoisotopic (exact) mass is 327 g/mol. The molecule has 0 spiro atoms. The zero-order chi connectivity index (χ0) is 17.0. The van der Waals surface area contributed by atoms with Crippen molar-refractivity contribution in [2.24, 2.45) is 0 Å². The summed E-state index contributed by atoms with van der Waals surface area (Å²) in [6.45, 7) is 7.18. The molecule has 2 aromatic carbocycles. The number of ether oxygens (including phenoxy) is 2. The topological polar surface area (TPSA) is 30.5 Å². The van der Waals surface area contributed by atoms with E-state index < -0.39 is 0 Å². The van der Waals surface area contributed by atoms with Gasteiger partial charge in [0, 0.05) is 11.6 Å². The maximum atomic E-state index is 5.97. The predicted octanol–water partition coefficient (Wildman–Crippen LogP) is 4.73. The number of hydrogen-bond acceptors (Lipinski definition) is 3.